The summed E-state index contributed by atoms with van der Waals surface area (Å²) < 4.78 is 5.34. The molecular weight excluding hydrogens is 374 g/mol. The minimum atomic E-state index is 0. The van der Waals surface area contributed by atoms with Gasteiger partial charge in [-0.3, -0.25) is 9.69 Å². The van der Waals surface area contributed by atoms with Crippen molar-refractivity contribution in [2.24, 2.45) is 5.92 Å². The van der Waals surface area contributed by atoms with Crippen LogP contribution in [-0.4, -0.2) is 71.7 Å². The Kier molecular flexibility index (Phi) is 6.63. The molecule has 4 heterocycles. The lowest BCUT2D eigenvalue weighted by atomic mass is 10.0. The Morgan fingerprint density at radius 1 is 1.31 bits per heavy atom. The topological polar surface area (TPSA) is 74.5 Å². The zero-order valence-corrected chi connectivity index (χ0v) is 16.2. The van der Waals surface area contributed by atoms with Gasteiger partial charge in [0.15, 0.2) is 0 Å². The molecule has 9 heteroatoms. The zero-order valence-electron chi connectivity index (χ0n) is 14.6. The van der Waals surface area contributed by atoms with Gasteiger partial charge < -0.3 is 14.7 Å². The van der Waals surface area contributed by atoms with Gasteiger partial charge in [-0.1, -0.05) is 11.2 Å². The van der Waals surface area contributed by atoms with Crippen molar-refractivity contribution in [3.63, 3.8) is 0 Å². The third-order valence-electron chi connectivity index (χ3n) is 4.89. The molecule has 0 radical (unpaired) electrons. The van der Waals surface area contributed by atoms with Gasteiger partial charge in [-0.15, -0.1) is 23.7 Å². The van der Waals surface area contributed by atoms with Gasteiger partial charge in [0.2, 0.25) is 17.6 Å². The predicted octanol–water partition coefficient (Wildman–Crippen LogP) is 1.52. The molecule has 0 spiro atoms. The monoisotopic (exact) mass is 397 g/mol. The average Bonchev–Trinajstić information content (AvgIpc) is 3.25. The first-order valence-corrected chi connectivity index (χ1v) is 9.76. The fourth-order valence-electron chi connectivity index (χ4n) is 3.23. The number of halogens is 1. The van der Waals surface area contributed by atoms with E-state index in [9.17, 15) is 4.79 Å². The number of nitrogens with zero attached hydrogens (tertiary/aromatic N) is 4. The lowest BCUT2D eigenvalue weighted by molar-refractivity contribution is -0.138. The van der Waals surface area contributed by atoms with Crippen molar-refractivity contribution < 1.29 is 9.32 Å². The lowest BCUT2D eigenvalue weighted by Crippen LogP contribution is -2.56. The van der Waals surface area contributed by atoms with E-state index in [1.54, 1.807) is 11.3 Å². The number of carbonyl (C=O) groups excluding carboxylic acids is 1. The molecule has 142 valence electrons. The summed E-state index contributed by atoms with van der Waals surface area (Å²) in [5, 5.41) is 9.22. The smallest absolute Gasteiger partial charge is 0.228 e. The highest BCUT2D eigenvalue weighted by molar-refractivity contribution is 7.13. The Hall–Kier alpha value is -1.48. The molecule has 1 N–H and O–H groups in total. The molecule has 0 bridgehead atoms. The second kappa shape index (κ2) is 8.94. The van der Waals surface area contributed by atoms with Crippen LogP contribution in [0.15, 0.2) is 22.0 Å². The molecule has 2 fully saturated rings. The zero-order chi connectivity index (χ0) is 17.1. The van der Waals surface area contributed by atoms with Crippen LogP contribution in [0.3, 0.4) is 0 Å². The number of aryl methyl sites for hydroxylation is 1. The van der Waals surface area contributed by atoms with Gasteiger partial charge >= 0.3 is 0 Å². The highest BCUT2D eigenvalue weighted by atomic mass is 35.5. The van der Waals surface area contributed by atoms with Crippen LogP contribution in [-0.2, 0) is 11.2 Å². The second-order valence-electron chi connectivity index (χ2n) is 6.61. The van der Waals surface area contributed by atoms with Gasteiger partial charge in [0.1, 0.15) is 0 Å². The summed E-state index contributed by atoms with van der Waals surface area (Å²) in [7, 11) is 0. The third-order valence-corrected chi connectivity index (χ3v) is 5.76. The quantitative estimate of drug-likeness (QED) is 0.796. The molecule has 2 saturated heterocycles. The van der Waals surface area contributed by atoms with Crippen LogP contribution in [0.1, 0.15) is 12.3 Å². The van der Waals surface area contributed by atoms with Crippen LogP contribution in [0.2, 0.25) is 0 Å². The van der Waals surface area contributed by atoms with Gasteiger partial charge in [0.05, 0.1) is 10.8 Å². The number of piperazine rings is 1. The Morgan fingerprint density at radius 3 is 2.77 bits per heavy atom. The molecule has 4 rings (SSSR count). The molecule has 1 amide bonds. The van der Waals surface area contributed by atoms with Crippen LogP contribution < -0.4 is 5.32 Å². The molecule has 0 saturated carbocycles. The van der Waals surface area contributed by atoms with E-state index in [1.165, 1.54) is 0 Å². The number of carbonyl (C=O) groups is 1. The summed E-state index contributed by atoms with van der Waals surface area (Å²) in [4.78, 5) is 22.2. The van der Waals surface area contributed by atoms with Crippen molar-refractivity contribution >= 4 is 29.7 Å². The summed E-state index contributed by atoms with van der Waals surface area (Å²) in [5.74, 6) is 1.92. The summed E-state index contributed by atoms with van der Waals surface area (Å²) in [6.45, 7) is 6.29. The van der Waals surface area contributed by atoms with Crippen LogP contribution in [0, 0.1) is 5.92 Å². The van der Waals surface area contributed by atoms with E-state index in [-0.39, 0.29) is 18.3 Å². The summed E-state index contributed by atoms with van der Waals surface area (Å²) in [6, 6.07) is 3.99. The van der Waals surface area contributed by atoms with E-state index in [0.29, 0.717) is 17.6 Å². The minimum absolute atomic E-state index is 0. The number of thiophene rings is 1. The number of amides is 1. The predicted molar refractivity (Wildman–Crippen MR) is 103 cm³/mol. The fourth-order valence-corrected chi connectivity index (χ4v) is 3.88. The molecule has 2 aromatic heterocycles. The normalized spacial score (nSPS) is 18.4. The number of rotatable bonds is 6. The van der Waals surface area contributed by atoms with Gasteiger partial charge in [0, 0.05) is 45.7 Å². The van der Waals surface area contributed by atoms with E-state index in [1.807, 2.05) is 22.4 Å². The van der Waals surface area contributed by atoms with E-state index in [4.69, 9.17) is 4.52 Å². The summed E-state index contributed by atoms with van der Waals surface area (Å²) >= 11 is 1.62. The van der Waals surface area contributed by atoms with E-state index < -0.39 is 0 Å². The number of aromatic nitrogens is 2. The Morgan fingerprint density at radius 2 is 2.12 bits per heavy atom. The summed E-state index contributed by atoms with van der Waals surface area (Å²) in [5.41, 5.74) is 0. The molecule has 0 aromatic carbocycles. The molecule has 0 unspecified atom stereocenters. The fraction of sp³-hybridized carbons (Fsp3) is 0.588. The average molecular weight is 398 g/mol. The van der Waals surface area contributed by atoms with Crippen LogP contribution in [0.25, 0.3) is 10.7 Å². The van der Waals surface area contributed by atoms with Crippen LogP contribution in [0.5, 0.6) is 0 Å². The molecule has 26 heavy (non-hydrogen) atoms. The first-order valence-electron chi connectivity index (χ1n) is 8.88. The van der Waals surface area contributed by atoms with Gasteiger partial charge in [-0.05, 0) is 24.4 Å². The molecule has 2 aliphatic heterocycles. The summed E-state index contributed by atoms with van der Waals surface area (Å²) in [6.07, 6.45) is 1.79. The second-order valence-corrected chi connectivity index (χ2v) is 7.56. The van der Waals surface area contributed by atoms with Crippen molar-refractivity contribution in [2.45, 2.75) is 12.8 Å². The maximum absolute atomic E-state index is 12.2. The number of hydrogen-bond donors (Lipinski definition) is 1. The first kappa shape index (κ1) is 19.3. The number of nitrogens with one attached hydrogen (secondary N) is 1. The van der Waals surface area contributed by atoms with Gasteiger partial charge in [-0.25, -0.2) is 0 Å². The van der Waals surface area contributed by atoms with Crippen molar-refractivity contribution in [1.29, 1.82) is 0 Å². The third kappa shape index (κ3) is 4.43. The molecular formula is C17H24ClN5O2S. The van der Waals surface area contributed by atoms with E-state index >= 15 is 0 Å². The minimum Gasteiger partial charge on any atom is -0.340 e. The highest BCUT2D eigenvalue weighted by Gasteiger charge is 2.30. The van der Waals surface area contributed by atoms with Crippen molar-refractivity contribution in [1.82, 2.24) is 25.3 Å². The number of hydrogen-bond acceptors (Lipinski definition) is 7. The Labute approximate surface area is 163 Å². The SMILES string of the molecule is Cl.O=C(C1CNC1)N1CCN(CCCc2nc(-c3cccs3)no2)CC1. The molecule has 7 nitrogen and oxygen atoms in total. The molecule has 0 atom stereocenters. The Balaban J connectivity index is 0.00000196. The largest absolute Gasteiger partial charge is 0.340 e. The first-order chi connectivity index (χ1) is 12.3. The lowest BCUT2D eigenvalue weighted by Gasteiger charge is -2.38. The molecule has 2 aromatic rings. The standard InChI is InChI=1S/C17H23N5O2S.ClH/c23-17(13-11-18-12-13)22-8-6-21(7-9-22)5-1-4-15-19-16(20-24-15)14-3-2-10-25-14;/h2-3,10,13,18H,1,4-9,11-12H2;1H. The Bertz CT molecular complexity index is 696. The van der Waals surface area contributed by atoms with Crippen LogP contribution in [0.4, 0.5) is 0 Å². The van der Waals surface area contributed by atoms with E-state index in [0.717, 1.165) is 63.5 Å². The highest BCUT2D eigenvalue weighted by Crippen LogP contribution is 2.21. The van der Waals surface area contributed by atoms with Crippen molar-refractivity contribution in [3.05, 3.63) is 23.4 Å². The molecule has 0 aliphatic carbocycles. The maximum atomic E-state index is 12.2. The van der Waals surface area contributed by atoms with Crippen LogP contribution >= 0.6 is 23.7 Å². The molecule has 2 aliphatic rings. The van der Waals surface area contributed by atoms with Gasteiger partial charge in [-0.2, -0.15) is 4.98 Å². The van der Waals surface area contributed by atoms with Crippen molar-refractivity contribution in [3.8, 4) is 10.7 Å². The van der Waals surface area contributed by atoms with Gasteiger partial charge in [0.25, 0.3) is 0 Å². The van der Waals surface area contributed by atoms with E-state index in [2.05, 4.69) is 20.4 Å². The van der Waals surface area contributed by atoms with Crippen molar-refractivity contribution in [2.75, 3.05) is 45.8 Å². The maximum Gasteiger partial charge on any atom is 0.228 e.